The van der Waals surface area contributed by atoms with Crippen molar-refractivity contribution in [2.45, 2.75) is 32.1 Å². The van der Waals surface area contributed by atoms with Crippen LogP contribution >= 0.6 is 0 Å². The van der Waals surface area contributed by atoms with E-state index in [2.05, 4.69) is 23.5 Å². The van der Waals surface area contributed by atoms with E-state index in [1.54, 1.807) is 0 Å². The number of amides is 1. The first kappa shape index (κ1) is 15.1. The molecule has 4 heteroatoms. The van der Waals surface area contributed by atoms with Crippen molar-refractivity contribution < 1.29 is 14.3 Å². The summed E-state index contributed by atoms with van der Waals surface area (Å²) in [5, 5.41) is 2.95. The van der Waals surface area contributed by atoms with Gasteiger partial charge in [0.25, 0.3) is 0 Å². The largest absolute Gasteiger partial charge is 0.490 e. The summed E-state index contributed by atoms with van der Waals surface area (Å²) in [6.45, 7) is 1.30. The molecule has 1 aliphatic heterocycles. The van der Waals surface area contributed by atoms with E-state index in [0.29, 0.717) is 25.4 Å². The normalized spacial score (nSPS) is 15.5. The van der Waals surface area contributed by atoms with Gasteiger partial charge in [-0.15, -0.1) is 0 Å². The Bertz CT molecular complexity index is 769. The second-order valence-electron chi connectivity index (χ2n) is 6.39. The van der Waals surface area contributed by atoms with Gasteiger partial charge in [0.05, 0.1) is 19.6 Å². The van der Waals surface area contributed by atoms with Crippen molar-refractivity contribution in [3.63, 3.8) is 0 Å². The minimum absolute atomic E-state index is 0.0116. The molecule has 0 atom stereocenters. The summed E-state index contributed by atoms with van der Waals surface area (Å²) in [5.74, 6) is 1.43. The summed E-state index contributed by atoms with van der Waals surface area (Å²) < 4.78 is 11.3. The number of aryl methyl sites for hydroxylation is 2. The molecule has 0 saturated heterocycles. The Hall–Kier alpha value is -2.49. The fraction of sp³-hybridized carbons (Fsp3) is 0.350. The predicted molar refractivity (Wildman–Crippen MR) is 92.8 cm³/mol. The molecule has 0 aromatic heterocycles. The van der Waals surface area contributed by atoms with Crippen LogP contribution in [0.3, 0.4) is 0 Å². The van der Waals surface area contributed by atoms with Crippen LogP contribution in [0.25, 0.3) is 0 Å². The smallest absolute Gasteiger partial charge is 0.228 e. The highest BCUT2D eigenvalue weighted by Crippen LogP contribution is 2.32. The van der Waals surface area contributed by atoms with Gasteiger partial charge in [-0.2, -0.15) is 0 Å². The van der Waals surface area contributed by atoms with Crippen molar-refractivity contribution in [3.05, 3.63) is 53.1 Å². The first-order valence-corrected chi connectivity index (χ1v) is 8.58. The number of carbonyl (C=O) groups excluding carboxylic acids is 1. The van der Waals surface area contributed by atoms with Gasteiger partial charge < -0.3 is 14.8 Å². The minimum atomic E-state index is -0.0116. The van der Waals surface area contributed by atoms with Crippen LogP contribution in [0.15, 0.2) is 36.4 Å². The number of ether oxygens (including phenoxy) is 2. The first-order valence-electron chi connectivity index (χ1n) is 8.58. The van der Waals surface area contributed by atoms with Gasteiger partial charge in [-0.05, 0) is 48.1 Å². The summed E-state index contributed by atoms with van der Waals surface area (Å²) in [6, 6.07) is 12.0. The Morgan fingerprint density at radius 3 is 2.67 bits per heavy atom. The molecule has 0 saturated carbocycles. The highest BCUT2D eigenvalue weighted by atomic mass is 16.5. The summed E-state index contributed by atoms with van der Waals surface area (Å²) in [5.41, 5.74) is 4.64. The van der Waals surface area contributed by atoms with Crippen LogP contribution in [-0.4, -0.2) is 19.1 Å². The van der Waals surface area contributed by atoms with Crippen molar-refractivity contribution in [1.29, 1.82) is 0 Å². The lowest BCUT2D eigenvalue weighted by Crippen LogP contribution is -2.14. The van der Waals surface area contributed by atoms with E-state index >= 15 is 0 Å². The summed E-state index contributed by atoms with van der Waals surface area (Å²) in [6.07, 6.45) is 4.78. The van der Waals surface area contributed by atoms with E-state index in [0.717, 1.165) is 29.8 Å². The summed E-state index contributed by atoms with van der Waals surface area (Å²) >= 11 is 0. The number of nitrogens with one attached hydrogen (secondary N) is 1. The molecule has 124 valence electrons. The van der Waals surface area contributed by atoms with Crippen molar-refractivity contribution in [2.75, 3.05) is 18.5 Å². The van der Waals surface area contributed by atoms with Crippen LogP contribution in [0.5, 0.6) is 11.5 Å². The molecule has 24 heavy (non-hydrogen) atoms. The van der Waals surface area contributed by atoms with E-state index in [1.165, 1.54) is 24.0 Å². The van der Waals surface area contributed by atoms with Gasteiger partial charge in [-0.3, -0.25) is 4.79 Å². The van der Waals surface area contributed by atoms with Crippen LogP contribution in [0.4, 0.5) is 5.69 Å². The van der Waals surface area contributed by atoms with Gasteiger partial charge in [0.2, 0.25) is 5.91 Å². The zero-order chi connectivity index (χ0) is 16.4. The molecule has 2 aromatic carbocycles. The van der Waals surface area contributed by atoms with Crippen LogP contribution < -0.4 is 14.8 Å². The molecule has 1 N–H and O–H groups in total. The van der Waals surface area contributed by atoms with Crippen LogP contribution in [0.1, 0.15) is 29.5 Å². The highest BCUT2D eigenvalue weighted by molar-refractivity contribution is 5.92. The molecular weight excluding hydrogens is 302 g/mol. The standard InChI is InChI=1S/C20H21NO3/c22-20(12-14-5-6-15-3-1-4-16(15)11-14)21-17-7-8-18-19(13-17)24-10-2-9-23-18/h5-8,11,13H,1-4,9-10,12H2,(H,21,22). The van der Waals surface area contributed by atoms with Crippen LogP contribution in [0, 0.1) is 0 Å². The molecule has 0 spiro atoms. The average Bonchev–Trinajstić information content (AvgIpc) is 2.91. The fourth-order valence-electron chi connectivity index (χ4n) is 3.37. The highest BCUT2D eigenvalue weighted by Gasteiger charge is 2.14. The SMILES string of the molecule is O=C(Cc1ccc2c(c1)CCC2)Nc1ccc2c(c1)OCCCO2. The first-order chi connectivity index (χ1) is 11.8. The van der Waals surface area contributed by atoms with E-state index in [-0.39, 0.29) is 5.91 Å². The number of hydrogen-bond acceptors (Lipinski definition) is 3. The third-order valence-electron chi connectivity index (χ3n) is 4.56. The Balaban J connectivity index is 1.43. The van der Waals surface area contributed by atoms with Crippen molar-refractivity contribution >= 4 is 11.6 Å². The maximum absolute atomic E-state index is 12.3. The number of hydrogen-bond donors (Lipinski definition) is 1. The number of carbonyl (C=O) groups is 1. The van der Waals surface area contributed by atoms with Crippen molar-refractivity contribution in [1.82, 2.24) is 0 Å². The van der Waals surface area contributed by atoms with Gasteiger partial charge in [0.15, 0.2) is 11.5 Å². The molecular formula is C20H21NO3. The Kier molecular flexibility index (Phi) is 4.11. The molecule has 1 aliphatic carbocycles. The number of anilines is 1. The quantitative estimate of drug-likeness (QED) is 0.940. The second kappa shape index (κ2) is 6.56. The van der Waals surface area contributed by atoms with E-state index in [9.17, 15) is 4.79 Å². The predicted octanol–water partition coefficient (Wildman–Crippen LogP) is 3.52. The molecule has 0 bridgehead atoms. The van der Waals surface area contributed by atoms with Gasteiger partial charge >= 0.3 is 0 Å². The third-order valence-corrected chi connectivity index (χ3v) is 4.56. The summed E-state index contributed by atoms with van der Waals surface area (Å²) in [4.78, 5) is 12.3. The molecule has 2 aliphatic rings. The molecule has 0 fully saturated rings. The van der Waals surface area contributed by atoms with Crippen LogP contribution in [0.2, 0.25) is 0 Å². The number of rotatable bonds is 3. The van der Waals surface area contributed by atoms with E-state index in [1.807, 2.05) is 18.2 Å². The lowest BCUT2D eigenvalue weighted by atomic mass is 10.0. The maximum atomic E-state index is 12.3. The average molecular weight is 323 g/mol. The number of fused-ring (bicyclic) bond motifs is 2. The molecule has 4 rings (SSSR count). The Morgan fingerprint density at radius 1 is 0.917 bits per heavy atom. The fourth-order valence-corrected chi connectivity index (χ4v) is 3.37. The topological polar surface area (TPSA) is 47.6 Å². The zero-order valence-corrected chi connectivity index (χ0v) is 13.6. The lowest BCUT2D eigenvalue weighted by molar-refractivity contribution is -0.115. The van der Waals surface area contributed by atoms with E-state index in [4.69, 9.17) is 9.47 Å². The molecule has 0 radical (unpaired) electrons. The third kappa shape index (κ3) is 3.23. The Morgan fingerprint density at radius 2 is 1.75 bits per heavy atom. The summed E-state index contributed by atoms with van der Waals surface area (Å²) in [7, 11) is 0. The second-order valence-corrected chi connectivity index (χ2v) is 6.39. The van der Waals surface area contributed by atoms with Crippen LogP contribution in [-0.2, 0) is 24.1 Å². The lowest BCUT2D eigenvalue weighted by Gasteiger charge is -2.11. The Labute approximate surface area is 141 Å². The molecule has 1 amide bonds. The molecule has 4 nitrogen and oxygen atoms in total. The van der Waals surface area contributed by atoms with Gasteiger partial charge in [0, 0.05) is 18.2 Å². The zero-order valence-electron chi connectivity index (χ0n) is 13.6. The monoisotopic (exact) mass is 323 g/mol. The van der Waals surface area contributed by atoms with E-state index < -0.39 is 0 Å². The van der Waals surface area contributed by atoms with Crippen molar-refractivity contribution in [3.8, 4) is 11.5 Å². The number of benzene rings is 2. The van der Waals surface area contributed by atoms with Gasteiger partial charge in [-0.25, -0.2) is 0 Å². The van der Waals surface area contributed by atoms with Gasteiger partial charge in [-0.1, -0.05) is 18.2 Å². The molecule has 2 aromatic rings. The molecule has 0 unspecified atom stereocenters. The molecule has 1 heterocycles. The maximum Gasteiger partial charge on any atom is 0.228 e. The minimum Gasteiger partial charge on any atom is -0.490 e. The van der Waals surface area contributed by atoms with Gasteiger partial charge in [0.1, 0.15) is 0 Å². The van der Waals surface area contributed by atoms with Crippen molar-refractivity contribution in [2.24, 2.45) is 0 Å².